The first-order valence-electron chi connectivity index (χ1n) is 19.0. The molecule has 2 aliphatic heterocycles. The van der Waals surface area contributed by atoms with Crippen LogP contribution in [0.5, 0.6) is 0 Å². The number of halogens is 5. The standard InChI is InChI=1S/C42H34F5N11O3S/c1-41(2)39(61)57(25-10-7-22(19-48)29(17-25)42(45,46)47)40(62)58(41)26-11-12-27(30(44)18-26)37(59)50-14-4-13-49-24-8-5-21(6-9-24)34-33(36-51-20-52-56(36)3)35-32-28(38(60)55-54-35)15-23(43)16-31(32)53-34/h5-12,15-18,20,33-34,49,53H,4,13-14H2,1-3H3,(H,50,59)(H,55,60)/t33?,34-/m1/s1. The summed E-state index contributed by atoms with van der Waals surface area (Å²) in [6.45, 7) is 3.58. The summed E-state index contributed by atoms with van der Waals surface area (Å²) in [4.78, 5) is 45.8. The fraction of sp³-hybridized carbons (Fsp3) is 0.238. The van der Waals surface area contributed by atoms with Gasteiger partial charge >= 0.3 is 6.18 Å². The molecule has 2 aliphatic rings. The van der Waals surface area contributed by atoms with Gasteiger partial charge in [0.15, 0.2) is 5.11 Å². The summed E-state index contributed by atoms with van der Waals surface area (Å²) in [5, 5.41) is 30.1. The van der Waals surface area contributed by atoms with Gasteiger partial charge in [-0.05, 0) is 98.7 Å². The molecular weight excluding hydrogens is 834 g/mol. The van der Waals surface area contributed by atoms with Crippen molar-refractivity contribution < 1.29 is 31.5 Å². The highest BCUT2D eigenvalue weighted by Gasteiger charge is 2.51. The van der Waals surface area contributed by atoms with Gasteiger partial charge in [-0.1, -0.05) is 12.1 Å². The van der Waals surface area contributed by atoms with Crippen molar-refractivity contribution in [3.05, 3.63) is 135 Å². The molecule has 4 aromatic carbocycles. The minimum absolute atomic E-state index is 0.0947. The Bertz CT molecular complexity index is 2910. The van der Waals surface area contributed by atoms with E-state index in [9.17, 15) is 37.2 Å². The lowest BCUT2D eigenvalue weighted by atomic mass is 9.83. The van der Waals surface area contributed by atoms with Gasteiger partial charge in [0.2, 0.25) is 0 Å². The molecule has 14 nitrogen and oxygen atoms in total. The third-order valence-corrected chi connectivity index (χ3v) is 11.3. The molecule has 1 unspecified atom stereocenters. The maximum Gasteiger partial charge on any atom is 0.417 e. The summed E-state index contributed by atoms with van der Waals surface area (Å²) in [6, 6.07) is 17.5. The van der Waals surface area contributed by atoms with Crippen LogP contribution in [-0.4, -0.2) is 60.5 Å². The molecule has 4 heterocycles. The molecule has 62 heavy (non-hydrogen) atoms. The number of carbonyl (C=O) groups excluding carboxylic acids is 2. The molecule has 6 aromatic rings. The summed E-state index contributed by atoms with van der Waals surface area (Å²) in [5.41, 5.74) is -1.68. The number of carbonyl (C=O) groups is 2. The Morgan fingerprint density at radius 3 is 2.42 bits per heavy atom. The number of nitriles is 1. The highest BCUT2D eigenvalue weighted by Crippen LogP contribution is 2.46. The monoisotopic (exact) mass is 867 g/mol. The van der Waals surface area contributed by atoms with Gasteiger partial charge in [-0.2, -0.15) is 28.6 Å². The van der Waals surface area contributed by atoms with Crippen molar-refractivity contribution >= 4 is 62.7 Å². The highest BCUT2D eigenvalue weighted by molar-refractivity contribution is 7.81. The molecule has 316 valence electrons. The van der Waals surface area contributed by atoms with Crippen molar-refractivity contribution in [3.8, 4) is 6.07 Å². The van der Waals surface area contributed by atoms with E-state index in [1.807, 2.05) is 24.3 Å². The molecule has 0 bridgehead atoms. The fourth-order valence-electron chi connectivity index (χ4n) is 7.88. The molecule has 1 fully saturated rings. The summed E-state index contributed by atoms with van der Waals surface area (Å²) in [7, 11) is 1.75. The van der Waals surface area contributed by atoms with E-state index in [4.69, 9.17) is 12.2 Å². The third-order valence-electron chi connectivity index (χ3n) is 10.9. The van der Waals surface area contributed by atoms with Crippen molar-refractivity contribution in [2.45, 2.75) is 43.9 Å². The second kappa shape index (κ2) is 15.6. The molecule has 0 saturated carbocycles. The largest absolute Gasteiger partial charge is 0.417 e. The minimum Gasteiger partial charge on any atom is -0.385 e. The molecule has 8 rings (SSSR count). The Kier molecular flexibility index (Phi) is 10.5. The van der Waals surface area contributed by atoms with Crippen LogP contribution in [0.4, 0.5) is 44.7 Å². The number of aromatic amines is 1. The zero-order chi connectivity index (χ0) is 44.2. The van der Waals surface area contributed by atoms with Crippen molar-refractivity contribution in [3.63, 3.8) is 0 Å². The topological polar surface area (TPSA) is 177 Å². The second-order valence-electron chi connectivity index (χ2n) is 15.1. The predicted octanol–water partition coefficient (Wildman–Crippen LogP) is 6.67. The van der Waals surface area contributed by atoms with Crippen molar-refractivity contribution in [1.82, 2.24) is 30.3 Å². The first kappa shape index (κ1) is 41.5. The van der Waals surface area contributed by atoms with Crippen molar-refractivity contribution in [1.29, 1.82) is 5.26 Å². The van der Waals surface area contributed by atoms with Gasteiger partial charge in [-0.3, -0.25) is 24.0 Å². The molecule has 2 atom stereocenters. The van der Waals surface area contributed by atoms with E-state index in [0.29, 0.717) is 41.6 Å². The SMILES string of the molecule is Cn1ncnc1C1c2n[nH]c(=O)c3cc(F)cc(c23)N[C@@H]1c1ccc(NCCCNC(=O)c2ccc(N3C(=S)N(c4ccc(C#N)c(C(F)(F)F)c4)C(=O)C3(C)C)cc2F)cc1. The van der Waals surface area contributed by atoms with Crippen molar-refractivity contribution in [2.24, 2.45) is 7.05 Å². The summed E-state index contributed by atoms with van der Waals surface area (Å²) in [5.74, 6) is -2.78. The molecule has 1 saturated heterocycles. The smallest absolute Gasteiger partial charge is 0.385 e. The number of benzene rings is 4. The lowest BCUT2D eigenvalue weighted by Crippen LogP contribution is -2.44. The number of hydrogen-bond donors (Lipinski definition) is 4. The van der Waals surface area contributed by atoms with Crippen LogP contribution < -0.4 is 31.3 Å². The van der Waals surface area contributed by atoms with Crippen LogP contribution in [0.25, 0.3) is 10.8 Å². The second-order valence-corrected chi connectivity index (χ2v) is 15.5. The first-order valence-corrected chi connectivity index (χ1v) is 19.4. The highest BCUT2D eigenvalue weighted by atomic mass is 32.1. The van der Waals surface area contributed by atoms with Crippen LogP contribution in [0.1, 0.15) is 70.8 Å². The Hall–Kier alpha value is -7.27. The average Bonchev–Trinajstić information content (AvgIpc) is 3.73. The van der Waals surface area contributed by atoms with E-state index in [1.54, 1.807) is 11.7 Å². The van der Waals surface area contributed by atoms with Crippen LogP contribution >= 0.6 is 12.2 Å². The van der Waals surface area contributed by atoms with E-state index >= 15 is 4.39 Å². The van der Waals surface area contributed by atoms with Gasteiger partial charge in [0.25, 0.3) is 17.4 Å². The number of thiocarbonyl (C=S) groups is 1. The molecule has 0 radical (unpaired) electrons. The number of nitrogens with one attached hydrogen (secondary N) is 4. The van der Waals surface area contributed by atoms with E-state index < -0.39 is 63.8 Å². The summed E-state index contributed by atoms with van der Waals surface area (Å²) in [6.07, 6.45) is -2.99. The van der Waals surface area contributed by atoms with Gasteiger partial charge in [0.1, 0.15) is 29.3 Å². The van der Waals surface area contributed by atoms with Gasteiger partial charge < -0.3 is 20.9 Å². The lowest BCUT2D eigenvalue weighted by molar-refractivity contribution is -0.137. The molecule has 4 N–H and O–H groups in total. The normalized spacial score (nSPS) is 17.0. The van der Waals surface area contributed by atoms with Crippen LogP contribution in [0.15, 0.2) is 83.9 Å². The fourth-order valence-corrected chi connectivity index (χ4v) is 8.41. The Morgan fingerprint density at radius 1 is 1.00 bits per heavy atom. The lowest BCUT2D eigenvalue weighted by Gasteiger charge is -2.33. The summed E-state index contributed by atoms with van der Waals surface area (Å²) >= 11 is 5.53. The number of nitrogens with zero attached hydrogens (tertiary/aromatic N) is 7. The van der Waals surface area contributed by atoms with Crippen molar-refractivity contribution in [2.75, 3.05) is 33.5 Å². The number of hydrogen-bond acceptors (Lipinski definition) is 10. The molecule has 2 amide bonds. The first-order chi connectivity index (χ1) is 29.5. The van der Waals surface area contributed by atoms with Gasteiger partial charge in [-0.25, -0.2) is 18.9 Å². The van der Waals surface area contributed by atoms with E-state index in [1.165, 1.54) is 61.5 Å². The number of amides is 2. The van der Waals surface area contributed by atoms with Gasteiger partial charge in [0.05, 0.1) is 51.5 Å². The Labute approximate surface area is 354 Å². The number of anilines is 4. The van der Waals surface area contributed by atoms with E-state index in [0.717, 1.165) is 28.3 Å². The van der Waals surface area contributed by atoms with Gasteiger partial charge in [0, 0.05) is 42.6 Å². The molecule has 20 heteroatoms. The van der Waals surface area contributed by atoms with Gasteiger partial charge in [-0.15, -0.1) is 0 Å². The molecule has 0 aliphatic carbocycles. The maximum absolute atomic E-state index is 15.5. The number of aromatic nitrogens is 5. The van der Waals surface area contributed by atoms with Crippen LogP contribution in [0.2, 0.25) is 0 Å². The number of aryl methyl sites for hydroxylation is 1. The number of alkyl halides is 3. The van der Waals surface area contributed by atoms with E-state index in [2.05, 4.69) is 36.2 Å². The minimum atomic E-state index is -4.87. The third kappa shape index (κ3) is 7.23. The zero-order valence-corrected chi connectivity index (χ0v) is 33.8. The Morgan fingerprint density at radius 2 is 1.74 bits per heavy atom. The number of rotatable bonds is 10. The van der Waals surface area contributed by atoms with Crippen LogP contribution in [0.3, 0.4) is 0 Å². The van der Waals surface area contributed by atoms with Crippen LogP contribution in [0, 0.1) is 23.0 Å². The van der Waals surface area contributed by atoms with E-state index in [-0.39, 0.29) is 34.0 Å². The number of H-pyrrole nitrogens is 1. The average molecular weight is 868 g/mol. The molecule has 2 aromatic heterocycles. The quantitative estimate of drug-likeness (QED) is 0.0658. The maximum atomic E-state index is 15.5. The predicted molar refractivity (Wildman–Crippen MR) is 223 cm³/mol. The van der Waals surface area contributed by atoms with Crippen LogP contribution in [-0.2, 0) is 18.0 Å². The summed E-state index contributed by atoms with van der Waals surface area (Å²) < 4.78 is 73.0. The molecular formula is C42H34F5N11O3S. The molecule has 0 spiro atoms. The zero-order valence-electron chi connectivity index (χ0n) is 32.9. The Balaban J connectivity index is 0.897.